The molecule has 1 aliphatic rings. The van der Waals surface area contributed by atoms with E-state index in [-0.39, 0.29) is 36.1 Å². The van der Waals surface area contributed by atoms with E-state index in [9.17, 15) is 27.2 Å². The summed E-state index contributed by atoms with van der Waals surface area (Å²) in [4.78, 5) is 25.5. The fourth-order valence-corrected chi connectivity index (χ4v) is 3.08. The summed E-state index contributed by atoms with van der Waals surface area (Å²) >= 11 is 0. The lowest BCUT2D eigenvalue weighted by Crippen LogP contribution is -2.37. The molecule has 1 unspecified atom stereocenters. The first-order valence-electron chi connectivity index (χ1n) is 8.23. The maximum absolute atomic E-state index is 13.6. The summed E-state index contributed by atoms with van der Waals surface area (Å²) in [6.07, 6.45) is -3.67. The number of ketones is 1. The van der Waals surface area contributed by atoms with Gasteiger partial charge in [0, 0.05) is 31.8 Å². The lowest BCUT2D eigenvalue weighted by molar-refractivity contribution is -0.137. The zero-order valence-electron chi connectivity index (χ0n) is 14.2. The molecule has 0 bridgehead atoms. The van der Waals surface area contributed by atoms with E-state index in [1.165, 1.54) is 4.90 Å². The van der Waals surface area contributed by atoms with Crippen LogP contribution in [-0.2, 0) is 22.3 Å². The molecule has 0 aromatic heterocycles. The number of hydrogen-bond acceptors (Lipinski definition) is 2. The fraction of sp³-hybridized carbons (Fsp3) is 0.556. The molecule has 1 aromatic carbocycles. The predicted octanol–water partition coefficient (Wildman–Crippen LogP) is 4.20. The molecule has 1 aliphatic carbocycles. The van der Waals surface area contributed by atoms with Crippen LogP contribution in [0.1, 0.15) is 44.2 Å². The SMILES string of the molecule is CC(C)CN(Cc1cc(F)cc(C(F)(F)F)c1)C(=O)C1CCC(=O)C1. The lowest BCUT2D eigenvalue weighted by Gasteiger charge is -2.27. The van der Waals surface area contributed by atoms with Gasteiger partial charge in [-0.15, -0.1) is 0 Å². The van der Waals surface area contributed by atoms with Crippen molar-refractivity contribution in [2.75, 3.05) is 6.54 Å². The first kappa shape index (κ1) is 19.4. The van der Waals surface area contributed by atoms with Crippen LogP contribution < -0.4 is 0 Å². The zero-order chi connectivity index (χ0) is 18.8. The summed E-state index contributed by atoms with van der Waals surface area (Å²) in [5.41, 5.74) is -0.985. The highest BCUT2D eigenvalue weighted by Gasteiger charge is 2.33. The summed E-state index contributed by atoms with van der Waals surface area (Å²) in [6.45, 7) is 3.99. The van der Waals surface area contributed by atoms with E-state index >= 15 is 0 Å². The minimum Gasteiger partial charge on any atom is -0.338 e. The van der Waals surface area contributed by atoms with Crippen molar-refractivity contribution in [2.45, 2.75) is 45.8 Å². The molecule has 0 N–H and O–H groups in total. The van der Waals surface area contributed by atoms with Crippen LogP contribution in [0.15, 0.2) is 18.2 Å². The Morgan fingerprint density at radius 1 is 1.28 bits per heavy atom. The Labute approximate surface area is 144 Å². The van der Waals surface area contributed by atoms with Gasteiger partial charge >= 0.3 is 6.18 Å². The van der Waals surface area contributed by atoms with Crippen molar-refractivity contribution < 1.29 is 27.2 Å². The second-order valence-electron chi connectivity index (χ2n) is 6.94. The minimum absolute atomic E-state index is 0.0213. The first-order chi connectivity index (χ1) is 11.6. The Bertz CT molecular complexity index is 655. The van der Waals surface area contributed by atoms with Crippen molar-refractivity contribution in [3.05, 3.63) is 35.1 Å². The van der Waals surface area contributed by atoms with Crippen LogP contribution in [0.2, 0.25) is 0 Å². The Morgan fingerprint density at radius 2 is 1.96 bits per heavy atom. The standard InChI is InChI=1S/C18H21F4NO2/c1-11(2)9-23(17(25)13-3-4-16(24)7-13)10-12-5-14(18(20,21)22)8-15(19)6-12/h5-6,8,11,13H,3-4,7,9-10H2,1-2H3. The average Bonchev–Trinajstić information content (AvgIpc) is 2.90. The number of amides is 1. The molecule has 0 heterocycles. The van der Waals surface area contributed by atoms with Gasteiger partial charge in [0.15, 0.2) is 0 Å². The number of benzene rings is 1. The summed E-state index contributed by atoms with van der Waals surface area (Å²) < 4.78 is 52.2. The highest BCUT2D eigenvalue weighted by atomic mass is 19.4. The van der Waals surface area contributed by atoms with Crippen LogP contribution in [0.3, 0.4) is 0 Å². The van der Waals surface area contributed by atoms with Crippen molar-refractivity contribution in [3.8, 4) is 0 Å². The van der Waals surface area contributed by atoms with Crippen molar-refractivity contribution in [1.82, 2.24) is 4.90 Å². The van der Waals surface area contributed by atoms with Crippen molar-refractivity contribution in [1.29, 1.82) is 0 Å². The normalized spacial score (nSPS) is 18.0. The molecular weight excluding hydrogens is 338 g/mol. The summed E-state index contributed by atoms with van der Waals surface area (Å²) in [5.74, 6) is -1.55. The highest BCUT2D eigenvalue weighted by molar-refractivity contribution is 5.90. The van der Waals surface area contributed by atoms with Gasteiger partial charge in [-0.3, -0.25) is 9.59 Å². The summed E-state index contributed by atoms with van der Waals surface area (Å²) in [5, 5.41) is 0. The quantitative estimate of drug-likeness (QED) is 0.739. The first-order valence-corrected chi connectivity index (χ1v) is 8.23. The molecule has 0 radical (unpaired) electrons. The van der Waals surface area contributed by atoms with Gasteiger partial charge in [0.2, 0.25) is 5.91 Å². The van der Waals surface area contributed by atoms with Crippen LogP contribution in [0.5, 0.6) is 0 Å². The van der Waals surface area contributed by atoms with Gasteiger partial charge in [0.1, 0.15) is 11.6 Å². The Kier molecular flexibility index (Phi) is 5.85. The molecule has 1 aromatic rings. The van der Waals surface area contributed by atoms with Gasteiger partial charge in [-0.1, -0.05) is 13.8 Å². The average molecular weight is 359 g/mol. The van der Waals surface area contributed by atoms with Crippen LogP contribution in [0.25, 0.3) is 0 Å². The van der Waals surface area contributed by atoms with Gasteiger partial charge < -0.3 is 4.90 Å². The van der Waals surface area contributed by atoms with E-state index in [2.05, 4.69) is 0 Å². The van der Waals surface area contributed by atoms with Gasteiger partial charge in [-0.25, -0.2) is 4.39 Å². The molecule has 138 valence electrons. The number of nitrogens with zero attached hydrogens (tertiary/aromatic N) is 1. The maximum Gasteiger partial charge on any atom is 0.416 e. The monoisotopic (exact) mass is 359 g/mol. The third kappa shape index (κ3) is 5.28. The second kappa shape index (κ2) is 7.54. The molecule has 25 heavy (non-hydrogen) atoms. The van der Waals surface area contributed by atoms with Crippen LogP contribution in [-0.4, -0.2) is 23.1 Å². The number of rotatable bonds is 5. The van der Waals surface area contributed by atoms with E-state index in [0.717, 1.165) is 12.1 Å². The summed E-state index contributed by atoms with van der Waals surface area (Å²) in [6, 6.07) is 2.31. The van der Waals surface area contributed by atoms with Gasteiger partial charge in [-0.05, 0) is 36.1 Å². The van der Waals surface area contributed by atoms with Gasteiger partial charge in [-0.2, -0.15) is 13.2 Å². The van der Waals surface area contributed by atoms with Gasteiger partial charge in [0.05, 0.1) is 5.56 Å². The number of carbonyl (C=O) groups excluding carboxylic acids is 2. The Hall–Kier alpha value is -1.92. The molecule has 2 rings (SSSR count). The Morgan fingerprint density at radius 3 is 2.48 bits per heavy atom. The molecule has 1 saturated carbocycles. The second-order valence-corrected chi connectivity index (χ2v) is 6.94. The van der Waals surface area contributed by atoms with E-state index in [1.807, 2.05) is 13.8 Å². The van der Waals surface area contributed by atoms with E-state index in [4.69, 9.17) is 0 Å². The topological polar surface area (TPSA) is 37.4 Å². The minimum atomic E-state index is -4.65. The highest BCUT2D eigenvalue weighted by Crippen LogP contribution is 2.31. The largest absolute Gasteiger partial charge is 0.416 e. The van der Waals surface area contributed by atoms with E-state index in [0.29, 0.717) is 25.5 Å². The number of carbonyl (C=O) groups is 2. The van der Waals surface area contributed by atoms with E-state index < -0.39 is 23.5 Å². The molecule has 7 heteroatoms. The third-order valence-corrected chi connectivity index (χ3v) is 4.15. The van der Waals surface area contributed by atoms with Crippen LogP contribution in [0.4, 0.5) is 17.6 Å². The molecular formula is C18H21F4NO2. The van der Waals surface area contributed by atoms with Gasteiger partial charge in [0.25, 0.3) is 0 Å². The number of Topliss-reactive ketones (excluding diaryl/α,β-unsaturated/α-hetero) is 1. The fourth-order valence-electron chi connectivity index (χ4n) is 3.08. The smallest absolute Gasteiger partial charge is 0.338 e. The number of halogens is 4. The lowest BCUT2D eigenvalue weighted by atomic mass is 10.0. The van der Waals surface area contributed by atoms with Crippen LogP contribution in [0, 0.1) is 17.7 Å². The number of hydrogen-bond donors (Lipinski definition) is 0. The van der Waals surface area contributed by atoms with Crippen molar-refractivity contribution >= 4 is 11.7 Å². The summed E-state index contributed by atoms with van der Waals surface area (Å²) in [7, 11) is 0. The zero-order valence-corrected chi connectivity index (χ0v) is 14.2. The van der Waals surface area contributed by atoms with Crippen molar-refractivity contribution in [3.63, 3.8) is 0 Å². The molecule has 0 aliphatic heterocycles. The third-order valence-electron chi connectivity index (χ3n) is 4.15. The molecule has 0 saturated heterocycles. The Balaban J connectivity index is 2.23. The van der Waals surface area contributed by atoms with E-state index in [1.54, 1.807) is 0 Å². The number of alkyl halides is 3. The van der Waals surface area contributed by atoms with Crippen LogP contribution >= 0.6 is 0 Å². The molecule has 3 nitrogen and oxygen atoms in total. The molecule has 1 atom stereocenters. The van der Waals surface area contributed by atoms with Crippen molar-refractivity contribution in [2.24, 2.45) is 11.8 Å². The molecule has 1 amide bonds. The molecule has 0 spiro atoms. The molecule has 1 fully saturated rings. The predicted molar refractivity (Wildman–Crippen MR) is 84.0 cm³/mol. The maximum atomic E-state index is 13.6.